The van der Waals surface area contributed by atoms with Crippen molar-refractivity contribution in [2.75, 3.05) is 33.2 Å². The number of rotatable bonds is 6. The Balaban J connectivity index is 0.00000240. The van der Waals surface area contributed by atoms with Gasteiger partial charge in [0.15, 0.2) is 5.82 Å². The van der Waals surface area contributed by atoms with E-state index in [1.54, 1.807) is 0 Å². The molecule has 8 heteroatoms. The number of nitrogens with zero attached hydrogens (tertiary/aromatic N) is 6. The largest absolute Gasteiger partial charge is 0.304 e. The number of piperazine rings is 1. The molecule has 2 aromatic carbocycles. The molecule has 0 aliphatic carbocycles. The molecular formula is C21H26Cl2N6. The number of hydrogen-bond acceptors (Lipinski definition) is 5. The molecule has 1 atom stereocenters. The van der Waals surface area contributed by atoms with E-state index in [0.29, 0.717) is 0 Å². The lowest BCUT2D eigenvalue weighted by molar-refractivity contribution is 0.121. The quantitative estimate of drug-likeness (QED) is 0.597. The molecule has 6 nitrogen and oxygen atoms in total. The standard InChI is InChI=1S/C21H25ClN6.ClH/c1-26-13-15-27(16-14-26)20(18-7-9-19(22)10-8-18)21-23-24-25-28(21)12-11-17-5-3-2-4-6-17;/h2-10,20H,11-16H2,1H3;1H. The molecule has 2 heterocycles. The maximum atomic E-state index is 6.13. The number of aryl methyl sites for hydroxylation is 2. The molecular weight excluding hydrogens is 407 g/mol. The summed E-state index contributed by atoms with van der Waals surface area (Å²) in [6, 6.07) is 18.5. The van der Waals surface area contributed by atoms with E-state index in [4.69, 9.17) is 11.6 Å². The lowest BCUT2D eigenvalue weighted by Gasteiger charge is -2.37. The van der Waals surface area contributed by atoms with Crippen molar-refractivity contribution < 1.29 is 0 Å². The number of likely N-dealkylation sites (N-methyl/N-ethyl adjacent to an activating group) is 1. The Labute approximate surface area is 182 Å². The molecule has 1 unspecified atom stereocenters. The van der Waals surface area contributed by atoms with Gasteiger partial charge in [0, 0.05) is 37.7 Å². The van der Waals surface area contributed by atoms with Crippen LogP contribution in [0.25, 0.3) is 0 Å². The summed E-state index contributed by atoms with van der Waals surface area (Å²) in [5.74, 6) is 0.891. The number of aromatic nitrogens is 4. The minimum atomic E-state index is 0. The SMILES string of the molecule is CN1CCN(C(c2ccc(Cl)cc2)c2nnnn2CCc2ccccc2)CC1.Cl. The van der Waals surface area contributed by atoms with Gasteiger partial charge in [0.2, 0.25) is 0 Å². The van der Waals surface area contributed by atoms with Crippen molar-refractivity contribution in [3.05, 3.63) is 76.6 Å². The highest BCUT2D eigenvalue weighted by atomic mass is 35.5. The van der Waals surface area contributed by atoms with Gasteiger partial charge in [0.25, 0.3) is 0 Å². The second kappa shape index (κ2) is 10.2. The summed E-state index contributed by atoms with van der Waals surface area (Å²) >= 11 is 6.13. The number of benzene rings is 2. The third kappa shape index (κ3) is 5.34. The Morgan fingerprint density at radius 2 is 1.66 bits per heavy atom. The van der Waals surface area contributed by atoms with Gasteiger partial charge in [0.05, 0.1) is 6.04 Å². The summed E-state index contributed by atoms with van der Waals surface area (Å²) in [6.45, 7) is 4.79. The van der Waals surface area contributed by atoms with Crippen LogP contribution < -0.4 is 0 Å². The first-order valence-electron chi connectivity index (χ1n) is 9.69. The van der Waals surface area contributed by atoms with Gasteiger partial charge < -0.3 is 4.90 Å². The van der Waals surface area contributed by atoms with E-state index in [1.165, 1.54) is 11.1 Å². The fraction of sp³-hybridized carbons (Fsp3) is 0.381. The monoisotopic (exact) mass is 432 g/mol. The lowest BCUT2D eigenvalue weighted by atomic mass is 10.0. The van der Waals surface area contributed by atoms with Crippen LogP contribution in [0.1, 0.15) is 23.0 Å². The van der Waals surface area contributed by atoms with Gasteiger partial charge in [-0.1, -0.05) is 54.1 Å². The molecule has 3 aromatic rings. The maximum absolute atomic E-state index is 6.13. The summed E-state index contributed by atoms with van der Waals surface area (Å²) in [6.07, 6.45) is 0.898. The van der Waals surface area contributed by atoms with Crippen molar-refractivity contribution in [3.8, 4) is 0 Å². The highest BCUT2D eigenvalue weighted by Gasteiger charge is 2.29. The number of tetrazole rings is 1. The van der Waals surface area contributed by atoms with Crippen LogP contribution in [0.5, 0.6) is 0 Å². The van der Waals surface area contributed by atoms with Crippen LogP contribution >= 0.6 is 24.0 Å². The van der Waals surface area contributed by atoms with Crippen LogP contribution in [0.3, 0.4) is 0 Å². The molecule has 0 amide bonds. The summed E-state index contributed by atoms with van der Waals surface area (Å²) in [7, 11) is 2.17. The Hall–Kier alpha value is -1.99. The molecule has 1 aliphatic heterocycles. The van der Waals surface area contributed by atoms with E-state index in [2.05, 4.69) is 68.8 Å². The van der Waals surface area contributed by atoms with Gasteiger partial charge in [-0.15, -0.1) is 17.5 Å². The van der Waals surface area contributed by atoms with Crippen LogP contribution in [-0.2, 0) is 13.0 Å². The van der Waals surface area contributed by atoms with E-state index in [0.717, 1.165) is 50.0 Å². The van der Waals surface area contributed by atoms with Gasteiger partial charge in [-0.05, 0) is 47.2 Å². The lowest BCUT2D eigenvalue weighted by Crippen LogP contribution is -2.46. The van der Waals surface area contributed by atoms with E-state index >= 15 is 0 Å². The molecule has 0 spiro atoms. The predicted molar refractivity (Wildman–Crippen MR) is 118 cm³/mol. The molecule has 4 rings (SSSR count). The van der Waals surface area contributed by atoms with E-state index < -0.39 is 0 Å². The Bertz CT molecular complexity index is 876. The topological polar surface area (TPSA) is 50.1 Å². The number of hydrogen-bond donors (Lipinski definition) is 0. The molecule has 154 valence electrons. The summed E-state index contributed by atoms with van der Waals surface area (Å²) in [4.78, 5) is 4.82. The minimum Gasteiger partial charge on any atom is -0.304 e. The molecule has 1 aliphatic rings. The zero-order valence-corrected chi connectivity index (χ0v) is 18.1. The fourth-order valence-electron chi connectivity index (χ4n) is 3.69. The van der Waals surface area contributed by atoms with E-state index in [-0.39, 0.29) is 18.4 Å². The zero-order valence-electron chi connectivity index (χ0n) is 16.5. The third-order valence-corrected chi connectivity index (χ3v) is 5.60. The summed E-state index contributed by atoms with van der Waals surface area (Å²) in [5, 5.41) is 13.5. The molecule has 0 radical (unpaired) electrons. The van der Waals surface area contributed by atoms with Crippen LogP contribution in [0.4, 0.5) is 0 Å². The average Bonchev–Trinajstić information content (AvgIpc) is 3.18. The average molecular weight is 433 g/mol. The van der Waals surface area contributed by atoms with Gasteiger partial charge in [0.1, 0.15) is 0 Å². The Morgan fingerprint density at radius 1 is 0.966 bits per heavy atom. The second-order valence-electron chi connectivity index (χ2n) is 7.29. The van der Waals surface area contributed by atoms with Gasteiger partial charge >= 0.3 is 0 Å². The first-order valence-corrected chi connectivity index (χ1v) is 10.1. The van der Waals surface area contributed by atoms with Crippen LogP contribution in [0, 0.1) is 0 Å². The smallest absolute Gasteiger partial charge is 0.173 e. The van der Waals surface area contributed by atoms with Crippen molar-refractivity contribution in [3.63, 3.8) is 0 Å². The predicted octanol–water partition coefficient (Wildman–Crippen LogP) is 3.33. The Kier molecular flexibility index (Phi) is 7.61. The van der Waals surface area contributed by atoms with Gasteiger partial charge in [-0.25, -0.2) is 4.68 Å². The summed E-state index contributed by atoms with van der Waals surface area (Å²) in [5.41, 5.74) is 2.45. The molecule has 1 aromatic heterocycles. The normalized spacial score (nSPS) is 16.3. The molecule has 29 heavy (non-hydrogen) atoms. The molecule has 1 saturated heterocycles. The van der Waals surface area contributed by atoms with Gasteiger partial charge in [-0.2, -0.15) is 0 Å². The molecule has 0 N–H and O–H groups in total. The van der Waals surface area contributed by atoms with Crippen LogP contribution in [-0.4, -0.2) is 63.2 Å². The minimum absolute atomic E-state index is 0. The molecule has 1 fully saturated rings. The highest BCUT2D eigenvalue weighted by Crippen LogP contribution is 2.29. The number of halogens is 2. The molecule has 0 bridgehead atoms. The van der Waals surface area contributed by atoms with Crippen molar-refractivity contribution >= 4 is 24.0 Å². The van der Waals surface area contributed by atoms with E-state index in [1.807, 2.05) is 22.9 Å². The van der Waals surface area contributed by atoms with Gasteiger partial charge in [-0.3, -0.25) is 4.90 Å². The maximum Gasteiger partial charge on any atom is 0.173 e. The van der Waals surface area contributed by atoms with Crippen molar-refractivity contribution in [1.29, 1.82) is 0 Å². The first kappa shape index (κ1) is 21.7. The second-order valence-corrected chi connectivity index (χ2v) is 7.73. The van der Waals surface area contributed by atoms with Crippen molar-refractivity contribution in [2.45, 2.75) is 19.0 Å². The zero-order chi connectivity index (χ0) is 19.3. The van der Waals surface area contributed by atoms with Crippen LogP contribution in [0.15, 0.2) is 54.6 Å². The van der Waals surface area contributed by atoms with Crippen molar-refractivity contribution in [1.82, 2.24) is 30.0 Å². The van der Waals surface area contributed by atoms with E-state index in [9.17, 15) is 0 Å². The Morgan fingerprint density at radius 3 is 2.34 bits per heavy atom. The highest BCUT2D eigenvalue weighted by molar-refractivity contribution is 6.30. The van der Waals surface area contributed by atoms with Crippen LogP contribution in [0.2, 0.25) is 5.02 Å². The summed E-state index contributed by atoms with van der Waals surface area (Å²) < 4.78 is 1.95. The molecule has 0 saturated carbocycles. The third-order valence-electron chi connectivity index (χ3n) is 5.35. The van der Waals surface area contributed by atoms with Crippen molar-refractivity contribution in [2.24, 2.45) is 0 Å². The fourth-order valence-corrected chi connectivity index (χ4v) is 3.82. The first-order chi connectivity index (χ1) is 13.7.